The van der Waals surface area contributed by atoms with Crippen LogP contribution in [0.4, 0.5) is 11.4 Å². The monoisotopic (exact) mass is 156 g/mol. The Morgan fingerprint density at radius 3 is 2.09 bits per heavy atom. The standard InChI is InChI=1S/C6H8N2O3/c7-2-1-3(9)5(10)6(11)4(2)8/h1,9-11H,7-8H2. The quantitative estimate of drug-likeness (QED) is 0.205. The number of hydrogen-bond acceptors (Lipinski definition) is 5. The molecular weight excluding hydrogens is 148 g/mol. The summed E-state index contributed by atoms with van der Waals surface area (Å²) in [6.45, 7) is 0. The van der Waals surface area contributed by atoms with Crippen molar-refractivity contribution in [1.82, 2.24) is 0 Å². The summed E-state index contributed by atoms with van der Waals surface area (Å²) < 4.78 is 0. The predicted molar refractivity (Wildman–Crippen MR) is 40.3 cm³/mol. The van der Waals surface area contributed by atoms with Crippen molar-refractivity contribution in [2.75, 3.05) is 11.5 Å². The van der Waals surface area contributed by atoms with Crippen LogP contribution in [-0.4, -0.2) is 15.3 Å². The molecule has 0 amide bonds. The molecule has 7 N–H and O–H groups in total. The summed E-state index contributed by atoms with van der Waals surface area (Å²) in [6.07, 6.45) is 0. The van der Waals surface area contributed by atoms with Crippen LogP contribution >= 0.6 is 0 Å². The predicted octanol–water partition coefficient (Wildman–Crippen LogP) is -0.0322. The van der Waals surface area contributed by atoms with Gasteiger partial charge >= 0.3 is 0 Å². The van der Waals surface area contributed by atoms with E-state index >= 15 is 0 Å². The number of phenolic OH excluding ortho intramolecular Hbond substituents is 3. The van der Waals surface area contributed by atoms with Crippen molar-refractivity contribution in [3.8, 4) is 17.2 Å². The fourth-order valence-electron chi connectivity index (χ4n) is 0.679. The summed E-state index contributed by atoms with van der Waals surface area (Å²) in [5, 5.41) is 26.7. The molecule has 0 aliphatic rings. The van der Waals surface area contributed by atoms with Crippen molar-refractivity contribution in [2.24, 2.45) is 0 Å². The lowest BCUT2D eigenvalue weighted by atomic mass is 10.2. The van der Waals surface area contributed by atoms with E-state index in [1.165, 1.54) is 0 Å². The number of aromatic hydroxyl groups is 3. The summed E-state index contributed by atoms with van der Waals surface area (Å²) in [5.74, 6) is -1.74. The van der Waals surface area contributed by atoms with Crippen molar-refractivity contribution >= 4 is 11.4 Å². The molecule has 1 rings (SSSR count). The van der Waals surface area contributed by atoms with Gasteiger partial charge in [0.1, 0.15) is 5.69 Å². The van der Waals surface area contributed by atoms with Crippen LogP contribution in [0, 0.1) is 0 Å². The largest absolute Gasteiger partial charge is 0.504 e. The molecule has 0 unspecified atom stereocenters. The molecule has 1 aromatic rings. The maximum absolute atomic E-state index is 8.95. The van der Waals surface area contributed by atoms with E-state index in [1.807, 2.05) is 0 Å². The zero-order valence-corrected chi connectivity index (χ0v) is 5.57. The lowest BCUT2D eigenvalue weighted by Crippen LogP contribution is -1.94. The molecule has 0 aliphatic carbocycles. The molecular formula is C6H8N2O3. The van der Waals surface area contributed by atoms with Gasteiger partial charge in [-0.3, -0.25) is 0 Å². The van der Waals surface area contributed by atoms with Crippen LogP contribution < -0.4 is 11.5 Å². The summed E-state index contributed by atoms with van der Waals surface area (Å²) in [7, 11) is 0. The van der Waals surface area contributed by atoms with Crippen LogP contribution in [0.25, 0.3) is 0 Å². The molecule has 5 heteroatoms. The number of nitrogens with two attached hydrogens (primary N) is 2. The first-order chi connectivity index (χ1) is 5.04. The fourth-order valence-corrected chi connectivity index (χ4v) is 0.679. The van der Waals surface area contributed by atoms with Crippen LogP contribution in [0.1, 0.15) is 0 Å². The Hall–Kier alpha value is -1.78. The Labute approximate surface area is 62.5 Å². The number of anilines is 2. The third kappa shape index (κ3) is 0.958. The maximum Gasteiger partial charge on any atom is 0.202 e. The molecule has 0 fully saturated rings. The van der Waals surface area contributed by atoms with E-state index in [4.69, 9.17) is 26.8 Å². The van der Waals surface area contributed by atoms with Gasteiger partial charge in [0, 0.05) is 6.07 Å². The smallest absolute Gasteiger partial charge is 0.202 e. The van der Waals surface area contributed by atoms with Crippen LogP contribution in [0.3, 0.4) is 0 Å². The van der Waals surface area contributed by atoms with Gasteiger partial charge in [-0.05, 0) is 0 Å². The van der Waals surface area contributed by atoms with Gasteiger partial charge in [0.2, 0.25) is 5.75 Å². The molecule has 0 aromatic heterocycles. The highest BCUT2D eigenvalue weighted by atomic mass is 16.3. The van der Waals surface area contributed by atoms with Crippen LogP contribution in [0.2, 0.25) is 0 Å². The van der Waals surface area contributed by atoms with Crippen molar-refractivity contribution < 1.29 is 15.3 Å². The minimum Gasteiger partial charge on any atom is -0.504 e. The Morgan fingerprint density at radius 1 is 1.00 bits per heavy atom. The highest BCUT2D eigenvalue weighted by molar-refractivity contribution is 5.77. The van der Waals surface area contributed by atoms with Crippen LogP contribution in [-0.2, 0) is 0 Å². The summed E-state index contributed by atoms with van der Waals surface area (Å²) in [5.41, 5.74) is 10.3. The molecule has 0 radical (unpaired) electrons. The Morgan fingerprint density at radius 2 is 1.55 bits per heavy atom. The molecule has 0 bridgehead atoms. The molecule has 60 valence electrons. The van der Waals surface area contributed by atoms with Gasteiger partial charge in [-0.15, -0.1) is 0 Å². The highest BCUT2D eigenvalue weighted by Crippen LogP contribution is 2.42. The maximum atomic E-state index is 8.95. The van der Waals surface area contributed by atoms with Crippen LogP contribution in [0.5, 0.6) is 17.2 Å². The third-order valence-electron chi connectivity index (χ3n) is 1.33. The molecule has 11 heavy (non-hydrogen) atoms. The second-order valence-corrected chi connectivity index (χ2v) is 2.10. The molecule has 0 spiro atoms. The molecule has 0 aliphatic heterocycles. The van der Waals surface area contributed by atoms with Crippen LogP contribution in [0.15, 0.2) is 6.07 Å². The first-order valence-corrected chi connectivity index (χ1v) is 2.83. The van der Waals surface area contributed by atoms with Gasteiger partial charge in [0.05, 0.1) is 5.69 Å². The number of hydrogen-bond donors (Lipinski definition) is 5. The summed E-state index contributed by atoms with van der Waals surface area (Å²) in [6, 6.07) is 1.06. The average molecular weight is 156 g/mol. The van der Waals surface area contributed by atoms with Gasteiger partial charge < -0.3 is 26.8 Å². The molecule has 0 saturated carbocycles. The minimum atomic E-state index is -0.656. The van der Waals surface area contributed by atoms with E-state index in [9.17, 15) is 0 Å². The van der Waals surface area contributed by atoms with E-state index in [2.05, 4.69) is 0 Å². The van der Waals surface area contributed by atoms with Crippen molar-refractivity contribution in [1.29, 1.82) is 0 Å². The number of rotatable bonds is 0. The van der Waals surface area contributed by atoms with Crippen molar-refractivity contribution in [3.05, 3.63) is 6.07 Å². The first-order valence-electron chi connectivity index (χ1n) is 2.83. The molecule has 5 nitrogen and oxygen atoms in total. The Balaban J connectivity index is 3.46. The normalized spacial score (nSPS) is 9.82. The first kappa shape index (κ1) is 7.33. The van der Waals surface area contributed by atoms with Crippen molar-refractivity contribution in [3.63, 3.8) is 0 Å². The molecule has 0 saturated heterocycles. The third-order valence-corrected chi connectivity index (χ3v) is 1.33. The topological polar surface area (TPSA) is 113 Å². The number of benzene rings is 1. The Kier molecular flexibility index (Phi) is 1.41. The number of phenols is 3. The van der Waals surface area contributed by atoms with Gasteiger partial charge in [0.15, 0.2) is 11.5 Å². The summed E-state index contributed by atoms with van der Waals surface area (Å²) in [4.78, 5) is 0. The van der Waals surface area contributed by atoms with E-state index < -0.39 is 17.2 Å². The SMILES string of the molecule is Nc1cc(O)c(O)c(O)c1N. The summed E-state index contributed by atoms with van der Waals surface area (Å²) >= 11 is 0. The van der Waals surface area contributed by atoms with E-state index in [0.29, 0.717) is 0 Å². The highest BCUT2D eigenvalue weighted by Gasteiger charge is 2.11. The zero-order chi connectivity index (χ0) is 8.59. The minimum absolute atomic E-state index is 0.0257. The second-order valence-electron chi connectivity index (χ2n) is 2.10. The van der Waals surface area contributed by atoms with E-state index in [0.717, 1.165) is 6.07 Å². The second kappa shape index (κ2) is 2.12. The fraction of sp³-hybridized carbons (Fsp3) is 0. The lowest BCUT2D eigenvalue weighted by Gasteiger charge is -2.05. The Bertz CT molecular complexity index is 272. The zero-order valence-electron chi connectivity index (χ0n) is 5.57. The average Bonchev–Trinajstić information content (AvgIpc) is 1.97. The lowest BCUT2D eigenvalue weighted by molar-refractivity contribution is 0.369. The van der Waals surface area contributed by atoms with Gasteiger partial charge in [-0.25, -0.2) is 0 Å². The van der Waals surface area contributed by atoms with Crippen molar-refractivity contribution in [2.45, 2.75) is 0 Å². The van der Waals surface area contributed by atoms with Gasteiger partial charge in [0.25, 0.3) is 0 Å². The number of nitrogen functional groups attached to an aromatic ring is 2. The molecule has 0 heterocycles. The van der Waals surface area contributed by atoms with Gasteiger partial charge in [-0.2, -0.15) is 0 Å². The molecule has 1 aromatic carbocycles. The van der Waals surface area contributed by atoms with Gasteiger partial charge in [-0.1, -0.05) is 0 Å². The molecule has 0 atom stereocenters. The van der Waals surface area contributed by atoms with E-state index in [-0.39, 0.29) is 11.4 Å². The van der Waals surface area contributed by atoms with E-state index in [1.54, 1.807) is 0 Å².